The molecule has 0 spiro atoms. The van der Waals surface area contributed by atoms with E-state index in [4.69, 9.17) is 0 Å². The Morgan fingerprint density at radius 1 is 1.50 bits per heavy atom. The predicted molar refractivity (Wildman–Crippen MR) is 89.4 cm³/mol. The van der Waals surface area contributed by atoms with Crippen molar-refractivity contribution in [2.45, 2.75) is 32.2 Å². The van der Waals surface area contributed by atoms with E-state index >= 15 is 0 Å². The third-order valence-electron chi connectivity index (χ3n) is 4.26. The number of hydrogen-bond acceptors (Lipinski definition) is 6. The zero-order chi connectivity index (χ0) is 17.4. The van der Waals surface area contributed by atoms with E-state index in [1.54, 1.807) is 23.3 Å². The Kier molecular flexibility index (Phi) is 4.23. The molecule has 1 atom stereocenters. The molecule has 3 rings (SSSR count). The van der Waals surface area contributed by atoms with Crippen molar-refractivity contribution in [3.05, 3.63) is 49.5 Å². The van der Waals surface area contributed by atoms with E-state index in [9.17, 15) is 20.0 Å². The molecule has 0 saturated heterocycles. The summed E-state index contributed by atoms with van der Waals surface area (Å²) in [5.41, 5.74) is 0.504. The molecule has 0 radical (unpaired) electrons. The number of fused-ring (bicyclic) bond motifs is 1. The minimum Gasteiger partial charge on any atom is -0.502 e. The maximum absolute atomic E-state index is 12.8. The van der Waals surface area contributed by atoms with Crippen LogP contribution in [-0.4, -0.2) is 32.9 Å². The van der Waals surface area contributed by atoms with Gasteiger partial charge in [-0.1, -0.05) is 6.07 Å². The first-order chi connectivity index (χ1) is 11.4. The fourth-order valence-electron chi connectivity index (χ4n) is 3.07. The molecule has 2 aromatic rings. The zero-order valence-electron chi connectivity index (χ0n) is 13.4. The monoisotopic (exact) mass is 347 g/mol. The van der Waals surface area contributed by atoms with Crippen molar-refractivity contribution < 1.29 is 14.8 Å². The van der Waals surface area contributed by atoms with Crippen LogP contribution in [-0.2, 0) is 6.42 Å². The molecular weight excluding hydrogens is 330 g/mol. The molecule has 8 heteroatoms. The number of benzene rings is 1. The second-order valence-corrected chi connectivity index (χ2v) is 7.03. The van der Waals surface area contributed by atoms with Gasteiger partial charge in [0.2, 0.25) is 5.75 Å². The maximum atomic E-state index is 12.8. The van der Waals surface area contributed by atoms with Gasteiger partial charge in [0.05, 0.1) is 32.1 Å². The number of hydrogen-bond donors (Lipinski definition) is 1. The summed E-state index contributed by atoms with van der Waals surface area (Å²) in [7, 11) is 1.66. The molecule has 7 nitrogen and oxygen atoms in total. The average Bonchev–Trinajstić information content (AvgIpc) is 2.93. The standard InChI is InChI=1S/C16H17N3O4S/c1-9-17-11-6-4-8-13(15(11)24-9)18(2)16(21)10-5-3-7-12(14(10)20)19(22)23/h3,5,7,13,20H,4,6,8H2,1-2H3/t13-/m1/s1. The van der Waals surface area contributed by atoms with Gasteiger partial charge in [-0.2, -0.15) is 0 Å². The van der Waals surface area contributed by atoms with Gasteiger partial charge in [0, 0.05) is 13.1 Å². The van der Waals surface area contributed by atoms with Crippen LogP contribution in [0.15, 0.2) is 18.2 Å². The van der Waals surface area contributed by atoms with Gasteiger partial charge >= 0.3 is 5.69 Å². The smallest absolute Gasteiger partial charge is 0.311 e. The molecule has 0 saturated carbocycles. The minimum absolute atomic E-state index is 0.0555. The number of nitro groups is 1. The Morgan fingerprint density at radius 2 is 2.25 bits per heavy atom. The van der Waals surface area contributed by atoms with Crippen LogP contribution in [0.4, 0.5) is 5.69 Å². The lowest BCUT2D eigenvalue weighted by atomic mass is 9.96. The number of aromatic nitrogens is 1. The van der Waals surface area contributed by atoms with Crippen LogP contribution in [0.1, 0.15) is 44.8 Å². The second kappa shape index (κ2) is 6.20. The highest BCUT2D eigenvalue weighted by atomic mass is 32.1. The molecular formula is C16H17N3O4S. The van der Waals surface area contributed by atoms with Crippen LogP contribution in [0.2, 0.25) is 0 Å². The fraction of sp³-hybridized carbons (Fsp3) is 0.375. The van der Waals surface area contributed by atoms with Crippen molar-refractivity contribution in [2.75, 3.05) is 7.05 Å². The number of para-hydroxylation sites is 1. The summed E-state index contributed by atoms with van der Waals surface area (Å²) >= 11 is 1.58. The van der Waals surface area contributed by atoms with Crippen LogP contribution < -0.4 is 0 Å². The van der Waals surface area contributed by atoms with E-state index in [0.717, 1.165) is 34.8 Å². The van der Waals surface area contributed by atoms with E-state index < -0.39 is 22.3 Å². The van der Waals surface area contributed by atoms with Gasteiger partial charge in [-0.15, -0.1) is 11.3 Å². The highest BCUT2D eigenvalue weighted by molar-refractivity contribution is 7.11. The number of carbonyl (C=O) groups is 1. The van der Waals surface area contributed by atoms with Crippen LogP contribution in [0.5, 0.6) is 5.75 Å². The van der Waals surface area contributed by atoms with Crippen molar-refractivity contribution >= 4 is 22.9 Å². The van der Waals surface area contributed by atoms with Gasteiger partial charge in [-0.25, -0.2) is 4.98 Å². The normalized spacial score (nSPS) is 16.5. The van der Waals surface area contributed by atoms with Gasteiger partial charge in [0.1, 0.15) is 0 Å². The zero-order valence-corrected chi connectivity index (χ0v) is 14.2. The molecule has 1 aliphatic rings. The molecule has 126 valence electrons. The first kappa shape index (κ1) is 16.4. The minimum atomic E-state index is -0.697. The quantitative estimate of drug-likeness (QED) is 0.679. The molecule has 0 unspecified atom stereocenters. The van der Waals surface area contributed by atoms with Crippen LogP contribution in [0.25, 0.3) is 0 Å². The molecule has 0 bridgehead atoms. The number of phenolic OH excluding ortho intramolecular Hbond substituents is 1. The Hall–Kier alpha value is -2.48. The maximum Gasteiger partial charge on any atom is 0.311 e. The SMILES string of the molecule is Cc1nc2c(s1)[C@H](N(C)C(=O)c1cccc([N+](=O)[O-])c1O)CCC2. The predicted octanol–water partition coefficient (Wildman–Crippen LogP) is 3.21. The average molecular weight is 347 g/mol. The third-order valence-corrected chi connectivity index (χ3v) is 5.37. The van der Waals surface area contributed by atoms with Crippen molar-refractivity contribution in [1.29, 1.82) is 0 Å². The van der Waals surface area contributed by atoms with E-state index in [0.29, 0.717) is 0 Å². The Balaban J connectivity index is 1.94. The second-order valence-electron chi connectivity index (χ2n) is 5.80. The lowest BCUT2D eigenvalue weighted by Gasteiger charge is -2.30. The molecule has 1 aromatic heterocycles. The summed E-state index contributed by atoms with van der Waals surface area (Å²) < 4.78 is 0. The van der Waals surface area contributed by atoms with Gasteiger partial charge < -0.3 is 10.0 Å². The number of phenols is 1. The summed E-state index contributed by atoms with van der Waals surface area (Å²) in [4.78, 5) is 30.2. The Morgan fingerprint density at radius 3 is 2.96 bits per heavy atom. The molecule has 1 aromatic carbocycles. The number of amides is 1. The first-order valence-corrected chi connectivity index (χ1v) is 8.41. The summed E-state index contributed by atoms with van der Waals surface area (Å²) in [6.07, 6.45) is 2.65. The van der Waals surface area contributed by atoms with Crippen LogP contribution in [0, 0.1) is 17.0 Å². The molecule has 1 N–H and O–H groups in total. The van der Waals surface area contributed by atoms with Gasteiger partial charge in [-0.3, -0.25) is 14.9 Å². The van der Waals surface area contributed by atoms with Gasteiger partial charge in [0.25, 0.3) is 5.91 Å². The molecule has 1 aliphatic carbocycles. The largest absolute Gasteiger partial charge is 0.502 e. The first-order valence-electron chi connectivity index (χ1n) is 7.60. The Labute approximate surface area is 142 Å². The van der Waals surface area contributed by atoms with E-state index in [-0.39, 0.29) is 11.6 Å². The lowest BCUT2D eigenvalue weighted by Crippen LogP contribution is -2.32. The van der Waals surface area contributed by atoms with E-state index in [1.165, 1.54) is 18.2 Å². The molecule has 1 heterocycles. The summed E-state index contributed by atoms with van der Waals surface area (Å²) in [6.45, 7) is 1.94. The van der Waals surface area contributed by atoms with Gasteiger partial charge in [0.15, 0.2) is 0 Å². The highest BCUT2D eigenvalue weighted by Crippen LogP contribution is 2.39. The molecule has 0 aliphatic heterocycles. The topological polar surface area (TPSA) is 96.6 Å². The molecule has 24 heavy (non-hydrogen) atoms. The van der Waals surface area contributed by atoms with Crippen LogP contribution in [0.3, 0.4) is 0 Å². The number of rotatable bonds is 3. The summed E-state index contributed by atoms with van der Waals surface area (Å²) in [5.74, 6) is -1.02. The van der Waals surface area contributed by atoms with E-state index in [2.05, 4.69) is 4.98 Å². The third kappa shape index (κ3) is 2.73. The summed E-state index contributed by atoms with van der Waals surface area (Å²) in [6, 6.07) is 3.87. The van der Waals surface area contributed by atoms with E-state index in [1.807, 2.05) is 6.92 Å². The van der Waals surface area contributed by atoms with Crippen molar-refractivity contribution in [3.63, 3.8) is 0 Å². The summed E-state index contributed by atoms with van der Waals surface area (Å²) in [5, 5.41) is 22.0. The number of aromatic hydroxyl groups is 1. The molecule has 1 amide bonds. The Bertz CT molecular complexity index is 818. The lowest BCUT2D eigenvalue weighted by molar-refractivity contribution is -0.385. The number of nitro benzene ring substituents is 1. The van der Waals surface area contributed by atoms with Crippen molar-refractivity contribution in [2.24, 2.45) is 0 Å². The molecule has 0 fully saturated rings. The highest BCUT2D eigenvalue weighted by Gasteiger charge is 2.32. The van der Waals surface area contributed by atoms with Crippen molar-refractivity contribution in [3.8, 4) is 5.75 Å². The number of nitrogens with zero attached hydrogens (tertiary/aromatic N) is 3. The van der Waals surface area contributed by atoms with Gasteiger partial charge in [-0.05, 0) is 32.3 Å². The van der Waals surface area contributed by atoms with Crippen LogP contribution >= 0.6 is 11.3 Å². The fourth-order valence-corrected chi connectivity index (χ4v) is 4.22. The number of aryl methyl sites for hydroxylation is 2. The number of thiazole rings is 1. The number of carbonyl (C=O) groups excluding carboxylic acids is 1. The van der Waals surface area contributed by atoms with Crippen molar-refractivity contribution in [1.82, 2.24) is 9.88 Å².